The standard InChI is InChI=1S/C18H22N4O2/c1-4-22(5-2)16(23)11-21(3)18-19-10-13-12-24-15-9-7-6-8-14(15)17(13)20-18/h6-10H,4-5,11-12H2,1-3H3. The Bertz CT molecular complexity index is 744. The number of fused-ring (bicyclic) bond motifs is 3. The summed E-state index contributed by atoms with van der Waals surface area (Å²) in [5.74, 6) is 1.45. The number of carbonyl (C=O) groups is 1. The Kier molecular flexibility index (Phi) is 4.64. The van der Waals surface area contributed by atoms with Gasteiger partial charge in [-0.05, 0) is 26.0 Å². The van der Waals surface area contributed by atoms with Crippen molar-refractivity contribution in [3.63, 3.8) is 0 Å². The molecule has 0 radical (unpaired) electrons. The van der Waals surface area contributed by atoms with Crippen LogP contribution >= 0.6 is 0 Å². The highest BCUT2D eigenvalue weighted by Gasteiger charge is 2.21. The van der Waals surface area contributed by atoms with Gasteiger partial charge in [0.2, 0.25) is 11.9 Å². The predicted molar refractivity (Wildman–Crippen MR) is 93.0 cm³/mol. The van der Waals surface area contributed by atoms with Crippen molar-refractivity contribution < 1.29 is 9.53 Å². The third-order valence-corrected chi connectivity index (χ3v) is 4.21. The molecule has 3 rings (SSSR count). The Balaban J connectivity index is 1.85. The maximum absolute atomic E-state index is 12.3. The van der Waals surface area contributed by atoms with E-state index in [9.17, 15) is 4.79 Å². The molecular weight excluding hydrogens is 304 g/mol. The van der Waals surface area contributed by atoms with Crippen molar-refractivity contribution in [3.05, 3.63) is 36.0 Å². The summed E-state index contributed by atoms with van der Waals surface area (Å²) in [4.78, 5) is 25.0. The second kappa shape index (κ2) is 6.86. The summed E-state index contributed by atoms with van der Waals surface area (Å²) in [5.41, 5.74) is 2.80. The van der Waals surface area contributed by atoms with Crippen LogP contribution in [0.25, 0.3) is 11.3 Å². The van der Waals surface area contributed by atoms with Gasteiger partial charge in [-0.1, -0.05) is 12.1 Å². The lowest BCUT2D eigenvalue weighted by atomic mass is 10.0. The molecule has 0 saturated carbocycles. The van der Waals surface area contributed by atoms with Crippen LogP contribution in [0.15, 0.2) is 30.5 Å². The van der Waals surface area contributed by atoms with E-state index in [4.69, 9.17) is 4.74 Å². The Labute approximate surface area is 142 Å². The minimum atomic E-state index is 0.0764. The topological polar surface area (TPSA) is 58.6 Å². The number of para-hydroxylation sites is 1. The van der Waals surface area contributed by atoms with E-state index < -0.39 is 0 Å². The van der Waals surface area contributed by atoms with E-state index in [1.54, 1.807) is 16.0 Å². The first-order valence-electron chi connectivity index (χ1n) is 8.21. The number of rotatable bonds is 5. The molecule has 1 aliphatic heterocycles. The SMILES string of the molecule is CCN(CC)C(=O)CN(C)c1ncc2c(n1)-c1ccccc1OC2. The maximum Gasteiger partial charge on any atom is 0.242 e. The average molecular weight is 326 g/mol. The lowest BCUT2D eigenvalue weighted by molar-refractivity contribution is -0.129. The van der Waals surface area contributed by atoms with Gasteiger partial charge in [0.1, 0.15) is 12.4 Å². The van der Waals surface area contributed by atoms with E-state index >= 15 is 0 Å². The molecule has 0 fully saturated rings. The molecule has 0 aliphatic carbocycles. The van der Waals surface area contributed by atoms with Gasteiger partial charge < -0.3 is 14.5 Å². The number of anilines is 1. The van der Waals surface area contributed by atoms with E-state index in [-0.39, 0.29) is 12.5 Å². The third kappa shape index (κ3) is 3.04. The van der Waals surface area contributed by atoms with E-state index in [2.05, 4.69) is 9.97 Å². The summed E-state index contributed by atoms with van der Waals surface area (Å²) >= 11 is 0. The number of aromatic nitrogens is 2. The van der Waals surface area contributed by atoms with Gasteiger partial charge in [0, 0.05) is 37.5 Å². The number of hydrogen-bond donors (Lipinski definition) is 0. The van der Waals surface area contributed by atoms with Gasteiger partial charge >= 0.3 is 0 Å². The molecule has 0 bridgehead atoms. The zero-order valence-electron chi connectivity index (χ0n) is 14.3. The molecule has 0 atom stereocenters. The summed E-state index contributed by atoms with van der Waals surface area (Å²) in [6.07, 6.45) is 1.78. The number of carbonyl (C=O) groups excluding carboxylic acids is 1. The van der Waals surface area contributed by atoms with Crippen molar-refractivity contribution in [1.82, 2.24) is 14.9 Å². The largest absolute Gasteiger partial charge is 0.488 e. The lowest BCUT2D eigenvalue weighted by Crippen LogP contribution is -2.39. The summed E-state index contributed by atoms with van der Waals surface area (Å²) < 4.78 is 5.72. The normalized spacial score (nSPS) is 12.0. The molecule has 1 aromatic heterocycles. The van der Waals surface area contributed by atoms with Crippen LogP contribution in [0.4, 0.5) is 5.95 Å². The van der Waals surface area contributed by atoms with Crippen molar-refractivity contribution in [2.75, 3.05) is 31.6 Å². The quantitative estimate of drug-likeness (QED) is 0.844. The van der Waals surface area contributed by atoms with Gasteiger partial charge in [-0.25, -0.2) is 9.97 Å². The van der Waals surface area contributed by atoms with E-state index in [0.717, 1.165) is 22.6 Å². The smallest absolute Gasteiger partial charge is 0.242 e. The lowest BCUT2D eigenvalue weighted by Gasteiger charge is -2.25. The summed E-state index contributed by atoms with van der Waals surface area (Å²) in [5, 5.41) is 0. The number of hydrogen-bond acceptors (Lipinski definition) is 5. The Morgan fingerprint density at radius 1 is 1.25 bits per heavy atom. The molecule has 2 aromatic rings. The molecule has 0 spiro atoms. The molecule has 2 heterocycles. The number of amides is 1. The van der Waals surface area contributed by atoms with Gasteiger partial charge in [0.15, 0.2) is 0 Å². The van der Waals surface area contributed by atoms with Crippen LogP contribution in [-0.2, 0) is 11.4 Å². The van der Waals surface area contributed by atoms with Crippen LogP contribution < -0.4 is 9.64 Å². The van der Waals surface area contributed by atoms with Gasteiger partial charge in [-0.3, -0.25) is 4.79 Å². The first-order chi connectivity index (χ1) is 11.6. The van der Waals surface area contributed by atoms with Crippen LogP contribution in [0.2, 0.25) is 0 Å². The average Bonchev–Trinajstić information content (AvgIpc) is 2.62. The fraction of sp³-hybridized carbons (Fsp3) is 0.389. The molecule has 0 unspecified atom stereocenters. The molecule has 6 heteroatoms. The molecular formula is C18H22N4O2. The van der Waals surface area contributed by atoms with E-state index in [1.165, 1.54) is 0 Å². The monoisotopic (exact) mass is 326 g/mol. The number of benzene rings is 1. The molecule has 6 nitrogen and oxygen atoms in total. The highest BCUT2D eigenvalue weighted by Crippen LogP contribution is 2.36. The van der Waals surface area contributed by atoms with Crippen molar-refractivity contribution in [1.29, 1.82) is 0 Å². The van der Waals surface area contributed by atoms with E-state index in [0.29, 0.717) is 25.6 Å². The van der Waals surface area contributed by atoms with Crippen LogP contribution in [-0.4, -0.2) is 47.5 Å². The summed E-state index contributed by atoms with van der Waals surface area (Å²) in [6.45, 7) is 6.10. The highest BCUT2D eigenvalue weighted by molar-refractivity contribution is 5.81. The summed E-state index contributed by atoms with van der Waals surface area (Å²) in [6, 6.07) is 7.84. The number of ether oxygens (including phenoxy) is 1. The Morgan fingerprint density at radius 2 is 2.00 bits per heavy atom. The first-order valence-corrected chi connectivity index (χ1v) is 8.21. The van der Waals surface area contributed by atoms with Crippen molar-refractivity contribution >= 4 is 11.9 Å². The second-order valence-corrected chi connectivity index (χ2v) is 5.75. The van der Waals surface area contributed by atoms with Crippen LogP contribution in [0.1, 0.15) is 19.4 Å². The molecule has 1 aliphatic rings. The van der Waals surface area contributed by atoms with Crippen LogP contribution in [0.3, 0.4) is 0 Å². The third-order valence-electron chi connectivity index (χ3n) is 4.21. The number of nitrogens with zero attached hydrogens (tertiary/aromatic N) is 4. The molecule has 0 N–H and O–H groups in total. The van der Waals surface area contributed by atoms with Crippen molar-refractivity contribution in [2.45, 2.75) is 20.5 Å². The minimum Gasteiger partial charge on any atom is -0.488 e. The van der Waals surface area contributed by atoms with Crippen LogP contribution in [0, 0.1) is 0 Å². The fourth-order valence-corrected chi connectivity index (χ4v) is 2.81. The molecule has 0 saturated heterocycles. The zero-order chi connectivity index (χ0) is 17.1. The maximum atomic E-state index is 12.3. The van der Waals surface area contributed by atoms with Crippen molar-refractivity contribution in [3.8, 4) is 17.0 Å². The Morgan fingerprint density at radius 3 is 2.75 bits per heavy atom. The van der Waals surface area contributed by atoms with E-state index in [1.807, 2.05) is 45.2 Å². The van der Waals surface area contributed by atoms with Gasteiger partial charge in [-0.2, -0.15) is 0 Å². The molecule has 1 amide bonds. The fourth-order valence-electron chi connectivity index (χ4n) is 2.81. The molecule has 24 heavy (non-hydrogen) atoms. The van der Waals surface area contributed by atoms with Crippen molar-refractivity contribution in [2.24, 2.45) is 0 Å². The van der Waals surface area contributed by atoms with Gasteiger partial charge in [-0.15, -0.1) is 0 Å². The minimum absolute atomic E-state index is 0.0764. The summed E-state index contributed by atoms with van der Waals surface area (Å²) in [7, 11) is 1.84. The molecule has 126 valence electrons. The molecule has 1 aromatic carbocycles. The Hall–Kier alpha value is -2.63. The highest BCUT2D eigenvalue weighted by atomic mass is 16.5. The van der Waals surface area contributed by atoms with Gasteiger partial charge in [0.05, 0.1) is 12.2 Å². The first kappa shape index (κ1) is 16.2. The number of likely N-dealkylation sites (N-methyl/N-ethyl adjacent to an activating group) is 2. The van der Waals surface area contributed by atoms with Gasteiger partial charge in [0.25, 0.3) is 0 Å². The zero-order valence-corrected chi connectivity index (χ0v) is 14.3. The second-order valence-electron chi connectivity index (χ2n) is 5.75. The van der Waals surface area contributed by atoms with Crippen LogP contribution in [0.5, 0.6) is 5.75 Å². The predicted octanol–water partition coefficient (Wildman–Crippen LogP) is 2.34.